The second kappa shape index (κ2) is 7.39. The van der Waals surface area contributed by atoms with Crippen LogP contribution in [0.15, 0.2) is 24.7 Å². The molecule has 7 heteroatoms. The van der Waals surface area contributed by atoms with Gasteiger partial charge in [0.25, 0.3) is 0 Å². The Morgan fingerprint density at radius 3 is 2.71 bits per heavy atom. The van der Waals surface area contributed by atoms with Crippen LogP contribution in [0, 0.1) is 6.92 Å². The maximum absolute atomic E-state index is 6.07. The van der Waals surface area contributed by atoms with Crippen molar-refractivity contribution in [1.82, 2.24) is 15.0 Å². The minimum atomic E-state index is 0.470. The molecule has 0 atom stereocenters. The van der Waals surface area contributed by atoms with E-state index in [1.807, 2.05) is 19.1 Å². The van der Waals surface area contributed by atoms with E-state index in [2.05, 4.69) is 25.6 Å². The van der Waals surface area contributed by atoms with Crippen LogP contribution in [-0.2, 0) is 4.74 Å². The Morgan fingerprint density at radius 1 is 1.19 bits per heavy atom. The van der Waals surface area contributed by atoms with E-state index in [1.54, 1.807) is 13.3 Å². The van der Waals surface area contributed by atoms with E-state index in [9.17, 15) is 0 Å². The van der Waals surface area contributed by atoms with E-state index >= 15 is 0 Å². The molecule has 0 aliphatic heterocycles. The quantitative estimate of drug-likeness (QED) is 0.670. The Kier molecular flexibility index (Phi) is 5.28. The summed E-state index contributed by atoms with van der Waals surface area (Å²) in [6, 6.07) is 3.85. The third kappa shape index (κ3) is 4.28. The predicted octanol–water partition coefficient (Wildman–Crippen LogP) is 1.95. The third-order valence-corrected chi connectivity index (χ3v) is 2.86. The van der Waals surface area contributed by atoms with E-state index in [0.29, 0.717) is 29.7 Å². The zero-order valence-corrected chi connectivity index (χ0v) is 12.3. The number of aromatic nitrogens is 3. The zero-order chi connectivity index (χ0) is 15.1. The average Bonchev–Trinajstić information content (AvgIpc) is 2.49. The highest BCUT2D eigenvalue weighted by Gasteiger charge is 2.08. The van der Waals surface area contributed by atoms with Crippen molar-refractivity contribution in [2.24, 2.45) is 0 Å². The fourth-order valence-electron chi connectivity index (χ4n) is 1.72. The van der Waals surface area contributed by atoms with Crippen LogP contribution in [0.3, 0.4) is 0 Å². The largest absolute Gasteiger partial charge is 0.393 e. The lowest BCUT2D eigenvalue weighted by atomic mass is 10.3. The molecule has 0 bridgehead atoms. The van der Waals surface area contributed by atoms with Crippen molar-refractivity contribution in [3.63, 3.8) is 0 Å². The van der Waals surface area contributed by atoms with Gasteiger partial charge in [0.2, 0.25) is 0 Å². The molecule has 0 saturated carbocycles. The molecule has 112 valence electrons. The van der Waals surface area contributed by atoms with Crippen molar-refractivity contribution in [2.75, 3.05) is 36.6 Å². The number of methoxy groups -OCH3 is 1. The lowest BCUT2D eigenvalue weighted by molar-refractivity contribution is 0.198. The number of pyridine rings is 1. The molecule has 0 aromatic carbocycles. The first kappa shape index (κ1) is 15.0. The van der Waals surface area contributed by atoms with E-state index in [0.717, 1.165) is 18.5 Å². The topological polar surface area (TPSA) is 98.0 Å². The molecule has 0 fully saturated rings. The monoisotopic (exact) mass is 288 g/mol. The van der Waals surface area contributed by atoms with Crippen molar-refractivity contribution < 1.29 is 4.74 Å². The smallest absolute Gasteiger partial charge is 0.160 e. The molecule has 0 saturated heterocycles. The third-order valence-electron chi connectivity index (χ3n) is 2.86. The standard InChI is InChI=1S/C14H20N6O/c1-10-4-5-11(17-8-10)20-14-12(15)13(18-9-19-14)16-6-3-7-21-2/h4-5,8-9H,3,6-7,15H2,1-2H3,(H2,16,17,18,19,20). The van der Waals surface area contributed by atoms with Gasteiger partial charge in [-0.2, -0.15) is 0 Å². The maximum atomic E-state index is 6.07. The van der Waals surface area contributed by atoms with Crippen LogP contribution in [0.5, 0.6) is 0 Å². The molecule has 0 aliphatic carbocycles. The summed E-state index contributed by atoms with van der Waals surface area (Å²) in [5, 5.41) is 6.26. The van der Waals surface area contributed by atoms with Crippen molar-refractivity contribution in [1.29, 1.82) is 0 Å². The molecule has 0 radical (unpaired) electrons. The lowest BCUT2D eigenvalue weighted by Crippen LogP contribution is -2.10. The van der Waals surface area contributed by atoms with Gasteiger partial charge in [-0.25, -0.2) is 15.0 Å². The lowest BCUT2D eigenvalue weighted by Gasteiger charge is -2.12. The summed E-state index contributed by atoms with van der Waals surface area (Å²) in [7, 11) is 1.68. The average molecular weight is 288 g/mol. The molecule has 7 nitrogen and oxygen atoms in total. The summed E-state index contributed by atoms with van der Waals surface area (Å²) in [5.74, 6) is 1.84. The maximum Gasteiger partial charge on any atom is 0.160 e. The molecule has 0 spiro atoms. The van der Waals surface area contributed by atoms with Gasteiger partial charge in [0.05, 0.1) is 0 Å². The molecule has 2 aromatic heterocycles. The molecule has 4 N–H and O–H groups in total. The summed E-state index contributed by atoms with van der Waals surface area (Å²) in [5.41, 5.74) is 7.63. The molecule has 2 rings (SSSR count). The first-order valence-electron chi connectivity index (χ1n) is 6.73. The molecule has 0 amide bonds. The first-order chi connectivity index (χ1) is 10.2. The number of nitrogens with two attached hydrogens (primary N) is 1. The van der Waals surface area contributed by atoms with Crippen LogP contribution in [-0.4, -0.2) is 35.2 Å². The predicted molar refractivity (Wildman–Crippen MR) is 83.7 cm³/mol. The van der Waals surface area contributed by atoms with Gasteiger partial charge in [0.1, 0.15) is 17.8 Å². The molecule has 2 heterocycles. The highest BCUT2D eigenvalue weighted by molar-refractivity contribution is 5.76. The van der Waals surface area contributed by atoms with Gasteiger partial charge < -0.3 is 21.1 Å². The van der Waals surface area contributed by atoms with E-state index in [-0.39, 0.29) is 0 Å². The summed E-state index contributed by atoms with van der Waals surface area (Å²) in [6.07, 6.45) is 4.12. The Balaban J connectivity index is 2.04. The molecular formula is C14H20N6O. The fraction of sp³-hybridized carbons (Fsp3) is 0.357. The Labute approximate surface area is 124 Å². The number of nitrogens with zero attached hydrogens (tertiary/aromatic N) is 3. The van der Waals surface area contributed by atoms with Gasteiger partial charge in [0.15, 0.2) is 11.6 Å². The van der Waals surface area contributed by atoms with Crippen LogP contribution >= 0.6 is 0 Å². The minimum absolute atomic E-state index is 0.470. The summed E-state index contributed by atoms with van der Waals surface area (Å²) >= 11 is 0. The van der Waals surface area contributed by atoms with E-state index in [1.165, 1.54) is 6.33 Å². The van der Waals surface area contributed by atoms with Crippen molar-refractivity contribution >= 4 is 23.1 Å². The summed E-state index contributed by atoms with van der Waals surface area (Å²) in [6.45, 7) is 3.41. The second-order valence-corrected chi connectivity index (χ2v) is 4.60. The van der Waals surface area contributed by atoms with Gasteiger partial charge in [-0.15, -0.1) is 0 Å². The van der Waals surface area contributed by atoms with E-state index < -0.39 is 0 Å². The number of nitrogen functional groups attached to an aromatic ring is 1. The molecule has 2 aromatic rings. The van der Waals surface area contributed by atoms with Gasteiger partial charge in [-0.05, 0) is 25.0 Å². The first-order valence-corrected chi connectivity index (χ1v) is 6.73. The SMILES string of the molecule is COCCCNc1ncnc(Nc2ccc(C)cn2)c1N. The minimum Gasteiger partial charge on any atom is -0.393 e. The highest BCUT2D eigenvalue weighted by atomic mass is 16.5. The van der Waals surface area contributed by atoms with Gasteiger partial charge in [0, 0.05) is 26.5 Å². The van der Waals surface area contributed by atoms with Crippen LogP contribution in [0.1, 0.15) is 12.0 Å². The van der Waals surface area contributed by atoms with Crippen LogP contribution in [0.2, 0.25) is 0 Å². The Morgan fingerprint density at radius 2 is 2.00 bits per heavy atom. The van der Waals surface area contributed by atoms with Crippen LogP contribution < -0.4 is 16.4 Å². The van der Waals surface area contributed by atoms with Crippen molar-refractivity contribution in [3.8, 4) is 0 Å². The second-order valence-electron chi connectivity index (χ2n) is 4.60. The number of nitrogens with one attached hydrogen (secondary N) is 2. The number of hydrogen-bond donors (Lipinski definition) is 3. The van der Waals surface area contributed by atoms with Crippen LogP contribution in [0.25, 0.3) is 0 Å². The van der Waals surface area contributed by atoms with Gasteiger partial charge in [-0.1, -0.05) is 6.07 Å². The molecule has 0 aliphatic rings. The van der Waals surface area contributed by atoms with Crippen molar-refractivity contribution in [3.05, 3.63) is 30.2 Å². The highest BCUT2D eigenvalue weighted by Crippen LogP contribution is 2.24. The fourth-order valence-corrected chi connectivity index (χ4v) is 1.72. The number of ether oxygens (including phenoxy) is 1. The van der Waals surface area contributed by atoms with Crippen molar-refractivity contribution in [2.45, 2.75) is 13.3 Å². The van der Waals surface area contributed by atoms with E-state index in [4.69, 9.17) is 10.5 Å². The normalized spacial score (nSPS) is 10.4. The van der Waals surface area contributed by atoms with Gasteiger partial charge in [-0.3, -0.25) is 0 Å². The van der Waals surface area contributed by atoms with Crippen LogP contribution in [0.4, 0.5) is 23.1 Å². The Bertz CT molecular complexity index is 572. The number of anilines is 4. The number of rotatable bonds is 7. The number of aryl methyl sites for hydroxylation is 1. The zero-order valence-electron chi connectivity index (χ0n) is 12.3. The molecular weight excluding hydrogens is 268 g/mol. The van der Waals surface area contributed by atoms with Gasteiger partial charge >= 0.3 is 0 Å². The molecule has 21 heavy (non-hydrogen) atoms. The number of hydrogen-bond acceptors (Lipinski definition) is 7. The Hall–Kier alpha value is -2.41. The summed E-state index contributed by atoms with van der Waals surface area (Å²) in [4.78, 5) is 12.6. The molecule has 0 unspecified atom stereocenters. The summed E-state index contributed by atoms with van der Waals surface area (Å²) < 4.78 is 5.00.